The Morgan fingerprint density at radius 1 is 1.03 bits per heavy atom. The SMILES string of the molecule is Cc1cc(S(=O)(=O)N2CCCC2)ccc1OCC(=O)NCc1ccc(S(N)(=O)=O)cc1. The van der Waals surface area contributed by atoms with Crippen LogP contribution in [0.15, 0.2) is 52.3 Å². The Balaban J connectivity index is 1.54. The van der Waals surface area contributed by atoms with Crippen molar-refractivity contribution in [3.63, 3.8) is 0 Å². The van der Waals surface area contributed by atoms with Gasteiger partial charge in [-0.3, -0.25) is 4.79 Å². The molecule has 0 spiro atoms. The number of benzene rings is 2. The van der Waals surface area contributed by atoms with Gasteiger partial charge in [0.15, 0.2) is 6.61 Å². The van der Waals surface area contributed by atoms with Crippen LogP contribution in [0.3, 0.4) is 0 Å². The topological polar surface area (TPSA) is 136 Å². The van der Waals surface area contributed by atoms with E-state index in [1.165, 1.54) is 22.5 Å². The third kappa shape index (κ3) is 5.82. The zero-order valence-corrected chi connectivity index (χ0v) is 18.7. The van der Waals surface area contributed by atoms with E-state index in [0.717, 1.165) is 12.8 Å². The van der Waals surface area contributed by atoms with Gasteiger partial charge in [-0.2, -0.15) is 4.31 Å². The Bertz CT molecular complexity index is 1160. The monoisotopic (exact) mass is 467 g/mol. The summed E-state index contributed by atoms with van der Waals surface area (Å²) in [4.78, 5) is 12.3. The third-order valence-corrected chi connectivity index (χ3v) is 7.77. The number of carbonyl (C=O) groups is 1. The molecular formula is C20H25N3O6S2. The molecule has 31 heavy (non-hydrogen) atoms. The predicted octanol–water partition coefficient (Wildman–Crippen LogP) is 1.12. The van der Waals surface area contributed by atoms with Crippen molar-refractivity contribution in [3.05, 3.63) is 53.6 Å². The molecule has 2 aromatic rings. The summed E-state index contributed by atoms with van der Waals surface area (Å²) in [5.74, 6) is 0.0525. The Morgan fingerprint density at radius 3 is 2.23 bits per heavy atom. The molecule has 1 heterocycles. The molecule has 0 bridgehead atoms. The Morgan fingerprint density at radius 2 is 1.65 bits per heavy atom. The summed E-state index contributed by atoms with van der Waals surface area (Å²) < 4.78 is 54.8. The van der Waals surface area contributed by atoms with Crippen molar-refractivity contribution in [1.29, 1.82) is 0 Å². The lowest BCUT2D eigenvalue weighted by Crippen LogP contribution is -2.29. The van der Waals surface area contributed by atoms with Crippen molar-refractivity contribution in [1.82, 2.24) is 9.62 Å². The standard InChI is InChI=1S/C20H25N3O6S2/c1-15-12-18(31(27,28)23-10-2-3-11-23)8-9-19(15)29-14-20(24)22-13-16-4-6-17(7-5-16)30(21,25)26/h4-9,12H,2-3,10-11,13-14H2,1H3,(H,22,24)(H2,21,25,26). The number of ether oxygens (including phenoxy) is 1. The molecule has 2 aromatic carbocycles. The number of sulfonamides is 2. The number of primary sulfonamides is 1. The minimum Gasteiger partial charge on any atom is -0.484 e. The van der Waals surface area contributed by atoms with Crippen LogP contribution in [0.4, 0.5) is 0 Å². The maximum Gasteiger partial charge on any atom is 0.258 e. The molecule has 0 aliphatic carbocycles. The van der Waals surface area contributed by atoms with Crippen molar-refractivity contribution in [2.24, 2.45) is 5.14 Å². The van der Waals surface area contributed by atoms with Gasteiger partial charge in [-0.15, -0.1) is 0 Å². The van der Waals surface area contributed by atoms with Gasteiger partial charge >= 0.3 is 0 Å². The lowest BCUT2D eigenvalue weighted by Gasteiger charge is -2.17. The number of hydrogen-bond donors (Lipinski definition) is 2. The number of nitrogens with zero attached hydrogens (tertiary/aromatic N) is 1. The number of aryl methyl sites for hydroxylation is 1. The first kappa shape index (κ1) is 23.2. The van der Waals surface area contributed by atoms with Gasteiger partial charge in [0, 0.05) is 19.6 Å². The van der Waals surface area contributed by atoms with E-state index in [0.29, 0.717) is 30.0 Å². The molecule has 1 aliphatic heterocycles. The fraction of sp³-hybridized carbons (Fsp3) is 0.350. The number of amides is 1. The number of nitrogens with two attached hydrogens (primary N) is 1. The third-order valence-electron chi connectivity index (χ3n) is 4.95. The first-order valence-corrected chi connectivity index (χ1v) is 12.7. The van der Waals surface area contributed by atoms with Gasteiger partial charge in [0.2, 0.25) is 20.0 Å². The smallest absolute Gasteiger partial charge is 0.258 e. The van der Waals surface area contributed by atoms with E-state index in [2.05, 4.69) is 5.32 Å². The van der Waals surface area contributed by atoms with Crippen LogP contribution < -0.4 is 15.2 Å². The largest absolute Gasteiger partial charge is 0.484 e. The molecule has 3 N–H and O–H groups in total. The lowest BCUT2D eigenvalue weighted by molar-refractivity contribution is -0.123. The fourth-order valence-corrected chi connectivity index (χ4v) is 5.33. The van der Waals surface area contributed by atoms with Crippen LogP contribution in [0, 0.1) is 6.92 Å². The zero-order chi connectivity index (χ0) is 22.6. The van der Waals surface area contributed by atoms with Crippen LogP contribution in [0.1, 0.15) is 24.0 Å². The lowest BCUT2D eigenvalue weighted by atomic mass is 10.2. The highest BCUT2D eigenvalue weighted by atomic mass is 32.2. The van der Waals surface area contributed by atoms with E-state index < -0.39 is 20.0 Å². The molecule has 1 amide bonds. The van der Waals surface area contributed by atoms with Crippen LogP contribution in [0.2, 0.25) is 0 Å². The second-order valence-electron chi connectivity index (χ2n) is 7.29. The molecule has 9 nitrogen and oxygen atoms in total. The van der Waals surface area contributed by atoms with E-state index >= 15 is 0 Å². The van der Waals surface area contributed by atoms with Crippen molar-refractivity contribution >= 4 is 26.0 Å². The van der Waals surface area contributed by atoms with Crippen LogP contribution in [0.5, 0.6) is 5.75 Å². The van der Waals surface area contributed by atoms with E-state index in [9.17, 15) is 21.6 Å². The first-order chi connectivity index (χ1) is 14.6. The molecule has 0 atom stereocenters. The van der Waals surface area contributed by atoms with Gasteiger partial charge in [-0.25, -0.2) is 22.0 Å². The molecular weight excluding hydrogens is 442 g/mol. The molecule has 0 radical (unpaired) electrons. The highest BCUT2D eigenvalue weighted by molar-refractivity contribution is 7.89. The second-order valence-corrected chi connectivity index (χ2v) is 10.8. The van der Waals surface area contributed by atoms with Gasteiger partial charge in [-0.05, 0) is 61.2 Å². The van der Waals surface area contributed by atoms with E-state index in [1.807, 2.05) is 0 Å². The summed E-state index contributed by atoms with van der Waals surface area (Å²) in [5, 5.41) is 7.72. The average Bonchev–Trinajstić information content (AvgIpc) is 3.27. The fourth-order valence-electron chi connectivity index (χ4n) is 3.21. The van der Waals surface area contributed by atoms with Crippen LogP contribution in [-0.4, -0.2) is 46.7 Å². The molecule has 1 fully saturated rings. The van der Waals surface area contributed by atoms with Crippen LogP contribution >= 0.6 is 0 Å². The summed E-state index contributed by atoms with van der Waals surface area (Å²) in [7, 11) is -7.27. The minimum atomic E-state index is -3.76. The van der Waals surface area contributed by atoms with E-state index in [-0.39, 0.29) is 28.8 Å². The van der Waals surface area contributed by atoms with E-state index in [1.54, 1.807) is 31.2 Å². The number of rotatable bonds is 8. The normalized spacial score (nSPS) is 15.0. The molecule has 1 aliphatic rings. The molecule has 1 saturated heterocycles. The van der Waals surface area contributed by atoms with Gasteiger partial charge in [-0.1, -0.05) is 12.1 Å². The van der Waals surface area contributed by atoms with Crippen molar-refractivity contribution in [2.75, 3.05) is 19.7 Å². The number of carbonyl (C=O) groups excluding carboxylic acids is 1. The summed E-state index contributed by atoms with van der Waals surface area (Å²) in [6, 6.07) is 10.4. The predicted molar refractivity (Wildman–Crippen MR) is 114 cm³/mol. The maximum absolute atomic E-state index is 12.6. The van der Waals surface area contributed by atoms with Crippen LogP contribution in [0.25, 0.3) is 0 Å². The summed E-state index contributed by atoms with van der Waals surface area (Å²) in [6.07, 6.45) is 1.73. The summed E-state index contributed by atoms with van der Waals surface area (Å²) in [5.41, 5.74) is 1.32. The van der Waals surface area contributed by atoms with Gasteiger partial charge < -0.3 is 10.1 Å². The molecule has 0 saturated carbocycles. The number of nitrogens with one attached hydrogen (secondary N) is 1. The van der Waals surface area contributed by atoms with Crippen molar-refractivity contribution in [2.45, 2.75) is 36.1 Å². The van der Waals surface area contributed by atoms with Gasteiger partial charge in [0.25, 0.3) is 5.91 Å². The Kier molecular flexibility index (Phi) is 6.99. The zero-order valence-electron chi connectivity index (χ0n) is 17.1. The average molecular weight is 468 g/mol. The van der Waals surface area contributed by atoms with Crippen LogP contribution in [-0.2, 0) is 31.4 Å². The molecule has 0 unspecified atom stereocenters. The molecule has 3 rings (SSSR count). The second kappa shape index (κ2) is 9.35. The quantitative estimate of drug-likeness (QED) is 0.597. The molecule has 11 heteroatoms. The summed E-state index contributed by atoms with van der Waals surface area (Å²) >= 11 is 0. The van der Waals surface area contributed by atoms with Crippen molar-refractivity contribution in [3.8, 4) is 5.75 Å². The van der Waals surface area contributed by atoms with Gasteiger partial charge in [0.1, 0.15) is 5.75 Å². The highest BCUT2D eigenvalue weighted by Crippen LogP contribution is 2.26. The van der Waals surface area contributed by atoms with Crippen molar-refractivity contribution < 1.29 is 26.4 Å². The summed E-state index contributed by atoms with van der Waals surface area (Å²) in [6.45, 7) is 2.74. The maximum atomic E-state index is 12.6. The molecule has 0 aromatic heterocycles. The highest BCUT2D eigenvalue weighted by Gasteiger charge is 2.27. The Hall–Kier alpha value is -2.47. The van der Waals surface area contributed by atoms with Gasteiger partial charge in [0.05, 0.1) is 9.79 Å². The van der Waals surface area contributed by atoms with E-state index in [4.69, 9.17) is 9.88 Å². The number of hydrogen-bond acceptors (Lipinski definition) is 6. The Labute approximate surface area is 182 Å². The first-order valence-electron chi connectivity index (χ1n) is 9.69. The minimum absolute atomic E-state index is 0.00317. The molecule has 168 valence electrons.